The quantitative estimate of drug-likeness (QED) is 0.376. The summed E-state index contributed by atoms with van der Waals surface area (Å²) in [4.78, 5) is 0. The predicted molar refractivity (Wildman–Crippen MR) is 71.9 cm³/mol. The Morgan fingerprint density at radius 3 is 0.722 bits per heavy atom. The van der Waals surface area contributed by atoms with E-state index in [1.54, 1.807) is 0 Å². The van der Waals surface area contributed by atoms with Gasteiger partial charge in [0, 0.05) is 0 Å². The SMILES string of the molecule is CCCCN.CCCCN.CCCCN.[Br-].[Br-].[Fe+2]. The molecule has 0 atom stereocenters. The van der Waals surface area contributed by atoms with Crippen LogP contribution < -0.4 is 51.2 Å². The molecule has 0 aliphatic rings. The Labute approximate surface area is 146 Å². The molecular formula is C12H33Br2FeN3. The van der Waals surface area contributed by atoms with Crippen molar-refractivity contribution in [3.05, 3.63) is 0 Å². The zero-order chi connectivity index (χ0) is 12.4. The average Bonchev–Trinajstić information content (AvgIpc) is 2.23. The van der Waals surface area contributed by atoms with Crippen LogP contribution in [0.2, 0.25) is 0 Å². The first-order valence-electron chi connectivity index (χ1n) is 6.35. The maximum Gasteiger partial charge on any atom is 2.00 e. The smallest absolute Gasteiger partial charge is 1.00 e. The van der Waals surface area contributed by atoms with Crippen molar-refractivity contribution in [2.24, 2.45) is 17.2 Å². The molecule has 6 N–H and O–H groups in total. The van der Waals surface area contributed by atoms with Crippen LogP contribution >= 0.6 is 0 Å². The van der Waals surface area contributed by atoms with Gasteiger partial charge < -0.3 is 51.2 Å². The molecule has 0 aliphatic carbocycles. The second-order valence-corrected chi connectivity index (χ2v) is 3.43. The van der Waals surface area contributed by atoms with Crippen molar-refractivity contribution in [1.29, 1.82) is 0 Å². The van der Waals surface area contributed by atoms with E-state index in [0.29, 0.717) is 0 Å². The second kappa shape index (κ2) is 51.6. The Bertz CT molecular complexity index is 62.1. The normalized spacial score (nSPS) is 7.00. The molecule has 0 aromatic rings. The van der Waals surface area contributed by atoms with Crippen molar-refractivity contribution < 1.29 is 51.0 Å². The number of hydrogen-bond donors (Lipinski definition) is 3. The molecule has 0 fully saturated rings. The van der Waals surface area contributed by atoms with Gasteiger partial charge in [0.2, 0.25) is 0 Å². The number of hydrogen-bond acceptors (Lipinski definition) is 3. The molecule has 0 saturated carbocycles. The van der Waals surface area contributed by atoms with Crippen LogP contribution in [0.1, 0.15) is 59.3 Å². The van der Waals surface area contributed by atoms with Gasteiger partial charge in [0.25, 0.3) is 0 Å². The van der Waals surface area contributed by atoms with E-state index in [-0.39, 0.29) is 51.0 Å². The van der Waals surface area contributed by atoms with Gasteiger partial charge in [-0.25, -0.2) is 0 Å². The molecule has 6 heteroatoms. The summed E-state index contributed by atoms with van der Waals surface area (Å²) in [5, 5.41) is 0. The molecule has 0 aliphatic heterocycles. The summed E-state index contributed by atoms with van der Waals surface area (Å²) >= 11 is 0. The number of rotatable bonds is 6. The summed E-state index contributed by atoms with van der Waals surface area (Å²) in [7, 11) is 0. The Morgan fingerprint density at radius 1 is 0.556 bits per heavy atom. The van der Waals surface area contributed by atoms with Crippen LogP contribution in [0.25, 0.3) is 0 Å². The van der Waals surface area contributed by atoms with Gasteiger partial charge in [-0.15, -0.1) is 0 Å². The fourth-order valence-corrected chi connectivity index (χ4v) is 0.612. The molecule has 0 spiro atoms. The molecule has 118 valence electrons. The molecular weight excluding hydrogens is 402 g/mol. The minimum Gasteiger partial charge on any atom is -1.00 e. The molecule has 0 aromatic heterocycles. The maximum atomic E-state index is 5.14. The van der Waals surface area contributed by atoms with Gasteiger partial charge in [0.05, 0.1) is 0 Å². The Kier molecular flexibility index (Phi) is 105. The van der Waals surface area contributed by atoms with Crippen molar-refractivity contribution in [3.63, 3.8) is 0 Å². The molecule has 0 heterocycles. The van der Waals surface area contributed by atoms with Gasteiger partial charge in [-0.1, -0.05) is 40.0 Å². The first kappa shape index (κ1) is 36.6. The zero-order valence-electron chi connectivity index (χ0n) is 12.2. The third-order valence-electron chi connectivity index (χ3n) is 1.67. The van der Waals surface area contributed by atoms with E-state index < -0.39 is 0 Å². The monoisotopic (exact) mass is 433 g/mol. The molecule has 0 amide bonds. The Hall–Kier alpha value is 1.36. The molecule has 0 aromatic carbocycles. The van der Waals surface area contributed by atoms with Gasteiger partial charge in [0.15, 0.2) is 0 Å². The van der Waals surface area contributed by atoms with Gasteiger partial charge in [0.1, 0.15) is 0 Å². The minimum absolute atomic E-state index is 0. The predicted octanol–water partition coefficient (Wildman–Crippen LogP) is -3.76. The molecule has 0 rings (SSSR count). The second-order valence-electron chi connectivity index (χ2n) is 3.43. The van der Waals surface area contributed by atoms with Crippen LogP contribution in [0.15, 0.2) is 0 Å². The fourth-order valence-electron chi connectivity index (χ4n) is 0.612. The van der Waals surface area contributed by atoms with Gasteiger partial charge in [-0.05, 0) is 38.9 Å². The maximum absolute atomic E-state index is 5.14. The van der Waals surface area contributed by atoms with E-state index in [0.717, 1.165) is 19.6 Å². The van der Waals surface area contributed by atoms with Crippen LogP contribution in [0.5, 0.6) is 0 Å². The summed E-state index contributed by atoms with van der Waals surface area (Å²) in [6.45, 7) is 8.93. The minimum atomic E-state index is 0. The summed E-state index contributed by atoms with van der Waals surface area (Å²) in [5.74, 6) is 0. The Balaban J connectivity index is -0.0000000277. The van der Waals surface area contributed by atoms with Crippen LogP contribution in [0.3, 0.4) is 0 Å². The van der Waals surface area contributed by atoms with E-state index in [4.69, 9.17) is 17.2 Å². The van der Waals surface area contributed by atoms with E-state index in [2.05, 4.69) is 20.8 Å². The molecule has 0 unspecified atom stereocenters. The molecule has 18 heavy (non-hydrogen) atoms. The van der Waals surface area contributed by atoms with Crippen LogP contribution in [0.4, 0.5) is 0 Å². The van der Waals surface area contributed by atoms with Crippen molar-refractivity contribution in [2.45, 2.75) is 59.3 Å². The zero-order valence-corrected chi connectivity index (χ0v) is 16.5. The topological polar surface area (TPSA) is 78.1 Å². The first-order valence-corrected chi connectivity index (χ1v) is 6.35. The molecule has 0 radical (unpaired) electrons. The van der Waals surface area contributed by atoms with Crippen molar-refractivity contribution >= 4 is 0 Å². The first-order chi connectivity index (χ1) is 7.24. The molecule has 3 nitrogen and oxygen atoms in total. The number of nitrogens with two attached hydrogens (primary N) is 3. The number of halogens is 2. The average molecular weight is 435 g/mol. The van der Waals surface area contributed by atoms with Crippen LogP contribution in [0, 0.1) is 0 Å². The van der Waals surface area contributed by atoms with Gasteiger partial charge in [-0.3, -0.25) is 0 Å². The summed E-state index contributed by atoms with van der Waals surface area (Å²) in [6.07, 6.45) is 7.16. The van der Waals surface area contributed by atoms with Crippen molar-refractivity contribution in [3.8, 4) is 0 Å². The van der Waals surface area contributed by atoms with Crippen molar-refractivity contribution in [1.82, 2.24) is 0 Å². The van der Waals surface area contributed by atoms with Gasteiger partial charge >= 0.3 is 17.1 Å². The summed E-state index contributed by atoms with van der Waals surface area (Å²) in [6, 6.07) is 0. The van der Waals surface area contributed by atoms with E-state index in [9.17, 15) is 0 Å². The fraction of sp³-hybridized carbons (Fsp3) is 1.00. The van der Waals surface area contributed by atoms with Crippen LogP contribution in [-0.4, -0.2) is 19.6 Å². The summed E-state index contributed by atoms with van der Waals surface area (Å²) < 4.78 is 0. The third-order valence-corrected chi connectivity index (χ3v) is 1.67. The molecule has 0 saturated heterocycles. The third kappa shape index (κ3) is 85.8. The van der Waals surface area contributed by atoms with E-state index >= 15 is 0 Å². The summed E-state index contributed by atoms with van der Waals surface area (Å²) in [5.41, 5.74) is 15.4. The number of unbranched alkanes of at least 4 members (excludes halogenated alkanes) is 3. The van der Waals surface area contributed by atoms with Gasteiger partial charge in [-0.2, -0.15) is 0 Å². The molecule has 0 bridgehead atoms. The Morgan fingerprint density at radius 2 is 0.722 bits per heavy atom. The standard InChI is InChI=1S/3C4H11N.2BrH.Fe/c3*1-2-3-4-5;;;/h3*2-5H2,1H3;2*1H;/q;;;;;+2/p-2. The van der Waals surface area contributed by atoms with Crippen molar-refractivity contribution in [2.75, 3.05) is 19.6 Å². The van der Waals surface area contributed by atoms with E-state index in [1.165, 1.54) is 38.5 Å². The van der Waals surface area contributed by atoms with E-state index in [1.807, 2.05) is 0 Å². The largest absolute Gasteiger partial charge is 2.00 e. The van der Waals surface area contributed by atoms with Crippen LogP contribution in [-0.2, 0) is 17.1 Å².